The predicted molar refractivity (Wildman–Crippen MR) is 78.3 cm³/mol. The van der Waals surface area contributed by atoms with Gasteiger partial charge < -0.3 is 10.1 Å². The van der Waals surface area contributed by atoms with Gasteiger partial charge in [-0.05, 0) is 36.4 Å². The summed E-state index contributed by atoms with van der Waals surface area (Å²) in [7, 11) is 1.91. The molecule has 0 saturated carbocycles. The van der Waals surface area contributed by atoms with E-state index in [9.17, 15) is 4.79 Å². The highest BCUT2D eigenvalue weighted by Gasteiger charge is 2.15. The van der Waals surface area contributed by atoms with Gasteiger partial charge in [0.1, 0.15) is 5.75 Å². The number of hydrogen-bond acceptors (Lipinski definition) is 3. The van der Waals surface area contributed by atoms with Crippen molar-refractivity contribution in [1.82, 2.24) is 5.32 Å². The average Bonchev–Trinajstić information content (AvgIpc) is 2.95. The third-order valence-corrected chi connectivity index (χ3v) is 3.55. The summed E-state index contributed by atoms with van der Waals surface area (Å²) in [6.07, 6.45) is 0.886. The van der Waals surface area contributed by atoms with Crippen molar-refractivity contribution in [2.75, 3.05) is 13.7 Å². The monoisotopic (exact) mass is 267 g/mol. The van der Waals surface area contributed by atoms with E-state index in [-0.39, 0.29) is 5.78 Å². The van der Waals surface area contributed by atoms with Crippen LogP contribution in [0, 0.1) is 0 Å². The van der Waals surface area contributed by atoms with Crippen molar-refractivity contribution in [1.29, 1.82) is 0 Å². The Hall–Kier alpha value is -2.13. The second-order valence-corrected chi connectivity index (χ2v) is 4.98. The van der Waals surface area contributed by atoms with Gasteiger partial charge in [0.05, 0.1) is 6.61 Å². The number of hydrogen-bond donors (Lipinski definition) is 1. The molecule has 2 aromatic rings. The Morgan fingerprint density at radius 3 is 2.65 bits per heavy atom. The Kier molecular flexibility index (Phi) is 3.52. The molecular formula is C17H17NO2. The van der Waals surface area contributed by atoms with Crippen molar-refractivity contribution >= 4 is 5.78 Å². The van der Waals surface area contributed by atoms with E-state index < -0.39 is 0 Å². The summed E-state index contributed by atoms with van der Waals surface area (Å²) in [6.45, 7) is 1.52. The number of ketones is 1. The van der Waals surface area contributed by atoms with E-state index >= 15 is 0 Å². The Balaban J connectivity index is 1.84. The molecule has 0 fully saturated rings. The molecule has 102 valence electrons. The molecule has 1 aliphatic heterocycles. The van der Waals surface area contributed by atoms with Crippen LogP contribution in [0.4, 0.5) is 0 Å². The Bertz CT molecular complexity index is 632. The van der Waals surface area contributed by atoms with Crippen molar-refractivity contribution in [2.24, 2.45) is 0 Å². The molecule has 2 aromatic carbocycles. The third-order valence-electron chi connectivity index (χ3n) is 3.55. The molecule has 0 aromatic heterocycles. The minimum absolute atomic E-state index is 0.0655. The highest BCUT2D eigenvalue weighted by Crippen LogP contribution is 2.26. The van der Waals surface area contributed by atoms with Crippen molar-refractivity contribution in [3.63, 3.8) is 0 Å². The third kappa shape index (κ3) is 2.45. The van der Waals surface area contributed by atoms with Crippen LogP contribution in [0.1, 0.15) is 27.0 Å². The lowest BCUT2D eigenvalue weighted by Crippen LogP contribution is -2.06. The molecule has 1 aliphatic rings. The summed E-state index contributed by atoms with van der Waals surface area (Å²) >= 11 is 0. The number of carbonyl (C=O) groups is 1. The minimum atomic E-state index is 0.0655. The summed E-state index contributed by atoms with van der Waals surface area (Å²) in [5.41, 5.74) is 3.76. The molecule has 3 nitrogen and oxygen atoms in total. The molecule has 0 unspecified atom stereocenters. The zero-order valence-corrected chi connectivity index (χ0v) is 11.5. The maximum absolute atomic E-state index is 12.5. The SMILES string of the molecule is CNCc1ccc(C(=O)c2ccc3c(c2)CCO3)cc1. The van der Waals surface area contributed by atoms with Crippen LogP contribution in [-0.2, 0) is 13.0 Å². The highest BCUT2D eigenvalue weighted by atomic mass is 16.5. The van der Waals surface area contributed by atoms with Gasteiger partial charge in [-0.2, -0.15) is 0 Å². The van der Waals surface area contributed by atoms with Crippen LogP contribution in [-0.4, -0.2) is 19.4 Å². The Morgan fingerprint density at radius 2 is 1.90 bits per heavy atom. The number of fused-ring (bicyclic) bond motifs is 1. The fraction of sp³-hybridized carbons (Fsp3) is 0.235. The molecule has 3 rings (SSSR count). The molecule has 1 heterocycles. The van der Waals surface area contributed by atoms with Crippen molar-refractivity contribution < 1.29 is 9.53 Å². The van der Waals surface area contributed by atoms with Gasteiger partial charge in [0.2, 0.25) is 0 Å². The van der Waals surface area contributed by atoms with E-state index in [4.69, 9.17) is 4.74 Å². The van der Waals surface area contributed by atoms with E-state index in [0.29, 0.717) is 6.61 Å². The molecule has 0 aliphatic carbocycles. The number of nitrogens with one attached hydrogen (secondary N) is 1. The smallest absolute Gasteiger partial charge is 0.193 e. The lowest BCUT2D eigenvalue weighted by atomic mass is 9.99. The van der Waals surface area contributed by atoms with E-state index in [1.54, 1.807) is 0 Å². The van der Waals surface area contributed by atoms with Gasteiger partial charge in [-0.1, -0.05) is 24.3 Å². The summed E-state index contributed by atoms with van der Waals surface area (Å²) in [5, 5.41) is 3.09. The molecule has 0 amide bonds. The Labute approximate surface area is 118 Å². The zero-order chi connectivity index (χ0) is 13.9. The van der Waals surface area contributed by atoms with Crippen LogP contribution >= 0.6 is 0 Å². The molecule has 1 N–H and O–H groups in total. The average molecular weight is 267 g/mol. The molecule has 20 heavy (non-hydrogen) atoms. The molecule has 0 bridgehead atoms. The van der Waals surface area contributed by atoms with Gasteiger partial charge in [-0.25, -0.2) is 0 Å². The molecule has 0 radical (unpaired) electrons. The number of carbonyl (C=O) groups excluding carboxylic acids is 1. The van der Waals surface area contributed by atoms with E-state index in [2.05, 4.69) is 5.32 Å². The molecule has 0 atom stereocenters. The number of benzene rings is 2. The topological polar surface area (TPSA) is 38.3 Å². The van der Waals surface area contributed by atoms with E-state index in [1.165, 1.54) is 5.56 Å². The van der Waals surface area contributed by atoms with Crippen molar-refractivity contribution in [3.05, 3.63) is 64.7 Å². The first-order chi connectivity index (χ1) is 9.78. The van der Waals surface area contributed by atoms with Crippen molar-refractivity contribution in [3.8, 4) is 5.75 Å². The van der Waals surface area contributed by atoms with Gasteiger partial charge in [0.25, 0.3) is 0 Å². The minimum Gasteiger partial charge on any atom is -0.493 e. The highest BCUT2D eigenvalue weighted by molar-refractivity contribution is 6.09. The Morgan fingerprint density at radius 1 is 1.15 bits per heavy atom. The maximum atomic E-state index is 12.5. The molecule has 3 heteroatoms. The van der Waals surface area contributed by atoms with Crippen LogP contribution in [0.5, 0.6) is 5.75 Å². The number of rotatable bonds is 4. The van der Waals surface area contributed by atoms with Crippen LogP contribution in [0.3, 0.4) is 0 Å². The predicted octanol–water partition coefficient (Wildman–Crippen LogP) is 2.57. The second-order valence-electron chi connectivity index (χ2n) is 4.98. The van der Waals surface area contributed by atoms with E-state index in [1.807, 2.05) is 49.5 Å². The lowest BCUT2D eigenvalue weighted by molar-refractivity contribution is 0.103. The normalized spacial score (nSPS) is 12.8. The van der Waals surface area contributed by atoms with Gasteiger partial charge in [0, 0.05) is 24.1 Å². The molecule has 0 spiro atoms. The lowest BCUT2D eigenvalue weighted by Gasteiger charge is -2.05. The largest absolute Gasteiger partial charge is 0.493 e. The van der Waals surface area contributed by atoms with Crippen molar-refractivity contribution in [2.45, 2.75) is 13.0 Å². The summed E-state index contributed by atoms with van der Waals surface area (Å²) < 4.78 is 5.46. The maximum Gasteiger partial charge on any atom is 0.193 e. The fourth-order valence-electron chi connectivity index (χ4n) is 2.47. The first kappa shape index (κ1) is 12.9. The summed E-state index contributed by atoms with van der Waals surface area (Å²) in [6, 6.07) is 13.4. The zero-order valence-electron chi connectivity index (χ0n) is 11.5. The second kappa shape index (κ2) is 5.47. The van der Waals surface area contributed by atoms with E-state index in [0.717, 1.165) is 35.4 Å². The standard InChI is InChI=1S/C17H17NO2/c1-18-11-12-2-4-13(5-3-12)17(19)15-6-7-16-14(10-15)8-9-20-16/h2-7,10,18H,8-9,11H2,1H3. The van der Waals surface area contributed by atoms with Gasteiger partial charge in [0.15, 0.2) is 5.78 Å². The van der Waals surface area contributed by atoms with Crippen LogP contribution in [0.2, 0.25) is 0 Å². The van der Waals surface area contributed by atoms with Gasteiger partial charge >= 0.3 is 0 Å². The summed E-state index contributed by atoms with van der Waals surface area (Å²) in [5.74, 6) is 0.974. The van der Waals surface area contributed by atoms with Gasteiger partial charge in [-0.15, -0.1) is 0 Å². The van der Waals surface area contributed by atoms with Crippen LogP contribution in [0.25, 0.3) is 0 Å². The first-order valence-corrected chi connectivity index (χ1v) is 6.82. The summed E-state index contributed by atoms with van der Waals surface area (Å²) in [4.78, 5) is 12.5. The first-order valence-electron chi connectivity index (χ1n) is 6.82. The fourth-order valence-corrected chi connectivity index (χ4v) is 2.47. The number of ether oxygens (including phenoxy) is 1. The quantitative estimate of drug-likeness (QED) is 0.865. The van der Waals surface area contributed by atoms with Crippen LogP contribution < -0.4 is 10.1 Å². The molecular weight excluding hydrogens is 250 g/mol. The molecule has 0 saturated heterocycles. The van der Waals surface area contributed by atoms with Crippen LogP contribution in [0.15, 0.2) is 42.5 Å². The van der Waals surface area contributed by atoms with Gasteiger partial charge in [-0.3, -0.25) is 4.79 Å².